The van der Waals surface area contributed by atoms with E-state index in [4.69, 9.17) is 4.74 Å². The number of amides is 2. The fourth-order valence-corrected chi connectivity index (χ4v) is 5.40. The minimum absolute atomic E-state index is 0.0546. The molecule has 5 rings (SSSR count). The van der Waals surface area contributed by atoms with Crippen molar-refractivity contribution in [1.29, 1.82) is 0 Å². The molecule has 180 valence electrons. The van der Waals surface area contributed by atoms with Gasteiger partial charge in [0.1, 0.15) is 17.5 Å². The number of anilines is 1. The Hall–Kier alpha value is -3.76. The van der Waals surface area contributed by atoms with Crippen molar-refractivity contribution < 1.29 is 24.2 Å². The Labute approximate surface area is 206 Å². The maximum Gasteiger partial charge on any atom is 0.413 e. The molecule has 1 aliphatic carbocycles. The highest BCUT2D eigenvalue weighted by molar-refractivity contribution is 7.17. The van der Waals surface area contributed by atoms with Crippen LogP contribution in [0.4, 0.5) is 9.93 Å². The van der Waals surface area contributed by atoms with Gasteiger partial charge in [0.2, 0.25) is 0 Å². The van der Waals surface area contributed by atoms with Crippen molar-refractivity contribution in [2.45, 2.75) is 12.0 Å². The zero-order chi connectivity index (χ0) is 24.5. The molecule has 2 aliphatic rings. The molecule has 0 saturated carbocycles. The normalized spacial score (nSPS) is 17.5. The van der Waals surface area contributed by atoms with Gasteiger partial charge >= 0.3 is 12.1 Å². The van der Waals surface area contributed by atoms with Crippen molar-refractivity contribution in [3.63, 3.8) is 0 Å². The number of carboxylic acids is 1. The first-order valence-electron chi connectivity index (χ1n) is 11.2. The molecular weight excluding hydrogens is 468 g/mol. The van der Waals surface area contributed by atoms with Crippen LogP contribution >= 0.6 is 11.3 Å². The lowest BCUT2D eigenvalue weighted by atomic mass is 9.98. The molecule has 0 bridgehead atoms. The molecule has 2 aromatic carbocycles. The number of carbonyl (C=O) groups is 3. The van der Waals surface area contributed by atoms with E-state index >= 15 is 0 Å². The second-order valence-electron chi connectivity index (χ2n) is 8.57. The van der Waals surface area contributed by atoms with Gasteiger partial charge in [0.15, 0.2) is 5.13 Å². The Bertz CT molecular complexity index is 1250. The van der Waals surface area contributed by atoms with Crippen molar-refractivity contribution in [2.75, 3.05) is 38.6 Å². The van der Waals surface area contributed by atoms with Crippen LogP contribution in [0.3, 0.4) is 0 Å². The van der Waals surface area contributed by atoms with Crippen LogP contribution in [0.2, 0.25) is 0 Å². The third-order valence-corrected chi connectivity index (χ3v) is 7.39. The Balaban J connectivity index is 1.20. The summed E-state index contributed by atoms with van der Waals surface area (Å²) in [6, 6.07) is 15.4. The highest BCUT2D eigenvalue weighted by atomic mass is 32.1. The van der Waals surface area contributed by atoms with Crippen molar-refractivity contribution in [1.82, 2.24) is 14.8 Å². The summed E-state index contributed by atoms with van der Waals surface area (Å²) >= 11 is 1.03. The van der Waals surface area contributed by atoms with E-state index in [0.717, 1.165) is 33.6 Å². The number of hydrogen-bond acceptors (Lipinski definition) is 7. The van der Waals surface area contributed by atoms with Crippen molar-refractivity contribution in [2.24, 2.45) is 0 Å². The van der Waals surface area contributed by atoms with Gasteiger partial charge < -0.3 is 14.7 Å². The van der Waals surface area contributed by atoms with E-state index in [1.807, 2.05) is 36.4 Å². The van der Waals surface area contributed by atoms with Crippen LogP contribution in [-0.2, 0) is 9.53 Å². The lowest BCUT2D eigenvalue weighted by molar-refractivity contribution is -0.144. The fraction of sp³-hybridized carbons (Fsp3) is 0.280. The van der Waals surface area contributed by atoms with Crippen LogP contribution in [0.15, 0.2) is 54.7 Å². The van der Waals surface area contributed by atoms with Crippen LogP contribution in [0.5, 0.6) is 0 Å². The van der Waals surface area contributed by atoms with Gasteiger partial charge in [-0.1, -0.05) is 59.9 Å². The number of nitrogens with one attached hydrogen (secondary N) is 1. The Kier molecular flexibility index (Phi) is 6.23. The van der Waals surface area contributed by atoms with E-state index in [2.05, 4.69) is 22.4 Å². The number of benzene rings is 2. The molecule has 1 fully saturated rings. The van der Waals surface area contributed by atoms with Gasteiger partial charge in [-0.2, -0.15) is 0 Å². The van der Waals surface area contributed by atoms with Gasteiger partial charge in [0.05, 0.1) is 6.20 Å². The largest absolute Gasteiger partial charge is 0.480 e. The number of nitrogens with zero attached hydrogens (tertiary/aromatic N) is 3. The van der Waals surface area contributed by atoms with E-state index in [-0.39, 0.29) is 30.1 Å². The number of rotatable bonds is 5. The van der Waals surface area contributed by atoms with Gasteiger partial charge in [-0.15, -0.1) is 0 Å². The molecule has 1 atom stereocenters. The second kappa shape index (κ2) is 9.47. The van der Waals surface area contributed by atoms with Crippen LogP contribution < -0.4 is 5.32 Å². The van der Waals surface area contributed by atoms with Gasteiger partial charge in [0, 0.05) is 25.6 Å². The standard InChI is InChI=1S/C25H24N4O5S/c1-28-10-11-29(13-20(28)23(31)32)22(30)21-12-26-24(35-21)27-25(33)34-14-19-17-8-4-2-6-15(17)16-7-3-5-9-18(16)19/h2-9,12,19-20H,10-11,13-14H2,1H3,(H,31,32)(H,26,27,33). The molecular formula is C25H24N4O5S. The first kappa shape index (κ1) is 23.0. The number of fused-ring (bicyclic) bond motifs is 3. The molecule has 1 unspecified atom stereocenters. The molecule has 2 N–H and O–H groups in total. The van der Waals surface area contributed by atoms with Crippen molar-refractivity contribution in [3.8, 4) is 11.1 Å². The zero-order valence-corrected chi connectivity index (χ0v) is 19.8. The maximum absolute atomic E-state index is 12.8. The summed E-state index contributed by atoms with van der Waals surface area (Å²) in [6.07, 6.45) is 0.742. The quantitative estimate of drug-likeness (QED) is 0.562. The van der Waals surface area contributed by atoms with Crippen LogP contribution in [0.25, 0.3) is 11.1 Å². The SMILES string of the molecule is CN1CCN(C(=O)c2cnc(NC(=O)OCC3c4ccccc4-c4ccccc43)s2)CC1C(=O)O. The minimum atomic E-state index is -0.966. The molecule has 9 nitrogen and oxygen atoms in total. The van der Waals surface area contributed by atoms with E-state index in [1.54, 1.807) is 11.9 Å². The smallest absolute Gasteiger partial charge is 0.413 e. The maximum atomic E-state index is 12.8. The molecule has 0 spiro atoms. The second-order valence-corrected chi connectivity index (χ2v) is 9.60. The zero-order valence-electron chi connectivity index (χ0n) is 19.0. The van der Waals surface area contributed by atoms with E-state index in [0.29, 0.717) is 18.0 Å². The monoisotopic (exact) mass is 492 g/mol. The molecule has 3 aromatic rings. The summed E-state index contributed by atoms with van der Waals surface area (Å²) < 4.78 is 5.53. The highest BCUT2D eigenvalue weighted by Crippen LogP contribution is 2.44. The number of likely N-dealkylation sites (N-methyl/N-ethyl adjacent to an activating group) is 1. The van der Waals surface area contributed by atoms with Crippen molar-refractivity contribution in [3.05, 3.63) is 70.7 Å². The van der Waals surface area contributed by atoms with Gasteiger partial charge in [0.25, 0.3) is 5.91 Å². The summed E-state index contributed by atoms with van der Waals surface area (Å²) in [5.41, 5.74) is 4.54. The third kappa shape index (κ3) is 4.50. The number of carboxylic acid groups (broad SMARTS) is 1. The molecule has 2 heterocycles. The fourth-order valence-electron chi connectivity index (χ4n) is 4.63. The first-order valence-corrected chi connectivity index (χ1v) is 12.0. The lowest BCUT2D eigenvalue weighted by Gasteiger charge is -2.36. The summed E-state index contributed by atoms with van der Waals surface area (Å²) in [5, 5.41) is 12.2. The van der Waals surface area contributed by atoms with Crippen molar-refractivity contribution >= 4 is 34.4 Å². The van der Waals surface area contributed by atoms with E-state index in [9.17, 15) is 19.5 Å². The summed E-state index contributed by atoms with van der Waals surface area (Å²) in [7, 11) is 1.73. The van der Waals surface area contributed by atoms with Crippen LogP contribution in [0.1, 0.15) is 26.7 Å². The number of thiazole rings is 1. The predicted molar refractivity (Wildman–Crippen MR) is 131 cm³/mol. The number of hydrogen-bond donors (Lipinski definition) is 2. The molecule has 0 radical (unpaired) electrons. The summed E-state index contributed by atoms with van der Waals surface area (Å²) in [6.45, 7) is 1.16. The Morgan fingerprint density at radius 1 is 1.09 bits per heavy atom. The molecule has 35 heavy (non-hydrogen) atoms. The lowest BCUT2D eigenvalue weighted by Crippen LogP contribution is -2.56. The third-order valence-electron chi connectivity index (χ3n) is 6.49. The number of piperazine rings is 1. The first-order chi connectivity index (χ1) is 16.9. The topological polar surface area (TPSA) is 112 Å². The molecule has 1 saturated heterocycles. The Morgan fingerprint density at radius 2 is 1.74 bits per heavy atom. The number of aliphatic carboxylic acids is 1. The van der Waals surface area contributed by atoms with Gasteiger partial charge in [-0.05, 0) is 29.3 Å². The highest BCUT2D eigenvalue weighted by Gasteiger charge is 2.33. The van der Waals surface area contributed by atoms with Gasteiger partial charge in [-0.25, -0.2) is 9.78 Å². The minimum Gasteiger partial charge on any atom is -0.480 e. The summed E-state index contributed by atoms with van der Waals surface area (Å²) in [4.78, 5) is 44.4. The molecule has 1 aliphatic heterocycles. The number of aromatic nitrogens is 1. The van der Waals surface area contributed by atoms with E-state index in [1.165, 1.54) is 11.1 Å². The molecule has 1 aromatic heterocycles. The van der Waals surface area contributed by atoms with Gasteiger partial charge in [-0.3, -0.25) is 19.8 Å². The Morgan fingerprint density at radius 3 is 2.40 bits per heavy atom. The molecule has 2 amide bonds. The average Bonchev–Trinajstić information content (AvgIpc) is 3.45. The predicted octanol–water partition coefficient (Wildman–Crippen LogP) is 3.34. The molecule has 10 heteroatoms. The van der Waals surface area contributed by atoms with Crippen LogP contribution in [-0.4, -0.2) is 77.2 Å². The van der Waals surface area contributed by atoms with Crippen LogP contribution in [0, 0.1) is 0 Å². The summed E-state index contributed by atoms with van der Waals surface area (Å²) in [5.74, 6) is -1.32. The van der Waals surface area contributed by atoms with E-state index < -0.39 is 18.1 Å². The number of carbonyl (C=O) groups excluding carboxylic acids is 2. The number of ether oxygens (including phenoxy) is 1. The average molecular weight is 493 g/mol.